The molecule has 3 heterocycles. The molecule has 6 nitrogen and oxygen atoms in total. The Balaban J connectivity index is 2.06. The fraction of sp³-hybridized carbons (Fsp3) is 0.364. The first-order valence-electron chi connectivity index (χ1n) is 5.64. The fourth-order valence-electron chi connectivity index (χ4n) is 2.46. The number of anilines is 1. The molecule has 2 atom stereocenters. The summed E-state index contributed by atoms with van der Waals surface area (Å²) >= 11 is 1.58. The number of carboxylic acid groups (broad SMARTS) is 1. The lowest BCUT2D eigenvalue weighted by Crippen LogP contribution is -2.32. The number of nitrogens with two attached hydrogens (primary N) is 1. The highest BCUT2D eigenvalue weighted by atomic mass is 32.1. The van der Waals surface area contributed by atoms with Crippen molar-refractivity contribution in [3.8, 4) is 0 Å². The molecule has 2 aromatic rings. The number of aromatic nitrogens is 3. The van der Waals surface area contributed by atoms with E-state index < -0.39 is 12.0 Å². The standard InChI is InChI=1S/C11H12N4O2S/c12-11-13-8-4-3-6(7-2-1-5-18-7)9(10(16)17)15(8)14-11/h1-2,5-6,9H,3-4H2,(H2,12,14)(H,16,17). The molecule has 0 aromatic carbocycles. The van der Waals surface area contributed by atoms with Crippen LogP contribution in [0.1, 0.15) is 29.1 Å². The third kappa shape index (κ3) is 1.67. The van der Waals surface area contributed by atoms with E-state index in [0.717, 1.165) is 11.3 Å². The molecule has 3 N–H and O–H groups in total. The Morgan fingerprint density at radius 3 is 3.11 bits per heavy atom. The summed E-state index contributed by atoms with van der Waals surface area (Å²) in [4.78, 5) is 16.6. The topological polar surface area (TPSA) is 94.0 Å². The van der Waals surface area contributed by atoms with Crippen LogP contribution < -0.4 is 5.73 Å². The minimum Gasteiger partial charge on any atom is -0.480 e. The van der Waals surface area contributed by atoms with Gasteiger partial charge in [0.25, 0.3) is 0 Å². The maximum Gasteiger partial charge on any atom is 0.329 e. The monoisotopic (exact) mass is 264 g/mol. The van der Waals surface area contributed by atoms with Crippen LogP contribution in [-0.4, -0.2) is 25.8 Å². The van der Waals surface area contributed by atoms with Gasteiger partial charge >= 0.3 is 5.97 Å². The number of aliphatic carboxylic acids is 1. The number of carbonyl (C=O) groups is 1. The third-order valence-electron chi connectivity index (χ3n) is 3.20. The van der Waals surface area contributed by atoms with Crippen molar-refractivity contribution in [3.05, 3.63) is 28.2 Å². The highest BCUT2D eigenvalue weighted by Gasteiger charge is 2.38. The lowest BCUT2D eigenvalue weighted by atomic mass is 9.90. The van der Waals surface area contributed by atoms with Crippen LogP contribution in [0.2, 0.25) is 0 Å². The molecule has 18 heavy (non-hydrogen) atoms. The first-order valence-corrected chi connectivity index (χ1v) is 6.52. The van der Waals surface area contributed by atoms with Gasteiger partial charge in [-0.25, -0.2) is 9.48 Å². The van der Waals surface area contributed by atoms with Crippen molar-refractivity contribution in [1.29, 1.82) is 0 Å². The molecule has 7 heteroatoms. The number of nitrogens with zero attached hydrogens (tertiary/aromatic N) is 3. The molecule has 3 rings (SSSR count). The number of carboxylic acids is 1. The molecule has 0 saturated carbocycles. The van der Waals surface area contributed by atoms with Gasteiger partial charge in [-0.1, -0.05) is 6.07 Å². The van der Waals surface area contributed by atoms with Gasteiger partial charge in [-0.2, -0.15) is 4.98 Å². The Morgan fingerprint density at radius 1 is 1.61 bits per heavy atom. The maximum atomic E-state index is 11.5. The molecule has 0 saturated heterocycles. The van der Waals surface area contributed by atoms with E-state index in [-0.39, 0.29) is 11.9 Å². The predicted octanol–water partition coefficient (Wildman–Crippen LogP) is 1.28. The molecule has 0 bridgehead atoms. The van der Waals surface area contributed by atoms with Crippen LogP contribution in [0.5, 0.6) is 0 Å². The summed E-state index contributed by atoms with van der Waals surface area (Å²) in [5, 5.41) is 15.4. The van der Waals surface area contributed by atoms with Crippen LogP contribution >= 0.6 is 11.3 Å². The van der Waals surface area contributed by atoms with Gasteiger partial charge in [0.15, 0.2) is 6.04 Å². The zero-order valence-electron chi connectivity index (χ0n) is 9.48. The summed E-state index contributed by atoms with van der Waals surface area (Å²) in [6, 6.07) is 3.19. The van der Waals surface area contributed by atoms with E-state index in [2.05, 4.69) is 10.1 Å². The van der Waals surface area contributed by atoms with E-state index in [4.69, 9.17) is 5.73 Å². The van der Waals surface area contributed by atoms with E-state index in [0.29, 0.717) is 12.2 Å². The molecule has 1 aliphatic rings. The van der Waals surface area contributed by atoms with Gasteiger partial charge in [0.1, 0.15) is 5.82 Å². The van der Waals surface area contributed by atoms with Gasteiger partial charge in [-0.05, 0) is 17.9 Å². The van der Waals surface area contributed by atoms with Crippen molar-refractivity contribution < 1.29 is 9.90 Å². The highest BCUT2D eigenvalue weighted by Crippen LogP contribution is 2.39. The second kappa shape index (κ2) is 4.09. The summed E-state index contributed by atoms with van der Waals surface area (Å²) in [5.74, 6) is -0.147. The first-order chi connectivity index (χ1) is 8.66. The van der Waals surface area contributed by atoms with Crippen LogP contribution in [-0.2, 0) is 11.2 Å². The zero-order chi connectivity index (χ0) is 12.7. The molecule has 1 aliphatic heterocycles. The van der Waals surface area contributed by atoms with Crippen LogP contribution in [0, 0.1) is 0 Å². The Kier molecular flexibility index (Phi) is 2.55. The summed E-state index contributed by atoms with van der Waals surface area (Å²) < 4.78 is 1.46. The number of hydrogen-bond acceptors (Lipinski definition) is 5. The van der Waals surface area contributed by atoms with Crippen molar-refractivity contribution in [1.82, 2.24) is 14.8 Å². The molecular weight excluding hydrogens is 252 g/mol. The van der Waals surface area contributed by atoms with Gasteiger partial charge in [0, 0.05) is 17.2 Å². The first kappa shape index (κ1) is 11.2. The Bertz CT molecular complexity index is 578. The number of aryl methyl sites for hydroxylation is 1. The number of rotatable bonds is 2. The van der Waals surface area contributed by atoms with Crippen molar-refractivity contribution in [3.63, 3.8) is 0 Å². The molecule has 0 fully saturated rings. The molecule has 2 aromatic heterocycles. The average Bonchev–Trinajstić information content (AvgIpc) is 2.93. The predicted molar refractivity (Wildman–Crippen MR) is 66.5 cm³/mol. The smallest absolute Gasteiger partial charge is 0.329 e. The average molecular weight is 264 g/mol. The van der Waals surface area contributed by atoms with Crippen molar-refractivity contribution >= 4 is 23.3 Å². The molecule has 0 radical (unpaired) electrons. The van der Waals surface area contributed by atoms with E-state index in [1.165, 1.54) is 4.68 Å². The third-order valence-corrected chi connectivity index (χ3v) is 4.21. The molecule has 0 spiro atoms. The molecule has 2 unspecified atom stereocenters. The number of fused-ring (bicyclic) bond motifs is 1. The Hall–Kier alpha value is -1.89. The SMILES string of the molecule is Nc1nc2n(n1)C(C(=O)O)C(c1cccs1)CC2. The summed E-state index contributed by atoms with van der Waals surface area (Å²) in [6.45, 7) is 0. The summed E-state index contributed by atoms with van der Waals surface area (Å²) in [7, 11) is 0. The lowest BCUT2D eigenvalue weighted by molar-refractivity contribution is -0.142. The van der Waals surface area contributed by atoms with E-state index in [9.17, 15) is 9.90 Å². The van der Waals surface area contributed by atoms with Crippen LogP contribution in [0.25, 0.3) is 0 Å². The van der Waals surface area contributed by atoms with Gasteiger partial charge in [0.05, 0.1) is 0 Å². The van der Waals surface area contributed by atoms with Gasteiger partial charge in [0.2, 0.25) is 5.95 Å². The molecule has 94 valence electrons. The fourth-order valence-corrected chi connectivity index (χ4v) is 3.35. The quantitative estimate of drug-likeness (QED) is 0.852. The zero-order valence-corrected chi connectivity index (χ0v) is 10.3. The van der Waals surface area contributed by atoms with Gasteiger partial charge in [-0.15, -0.1) is 16.4 Å². The maximum absolute atomic E-state index is 11.5. The normalized spacial score (nSPS) is 22.7. The summed E-state index contributed by atoms with van der Waals surface area (Å²) in [5.41, 5.74) is 5.55. The van der Waals surface area contributed by atoms with Crippen LogP contribution in [0.4, 0.5) is 5.95 Å². The minimum absolute atomic E-state index is 0.0592. The van der Waals surface area contributed by atoms with Gasteiger partial charge < -0.3 is 10.8 Å². The van der Waals surface area contributed by atoms with Crippen molar-refractivity contribution in [2.24, 2.45) is 0 Å². The Morgan fingerprint density at radius 2 is 2.44 bits per heavy atom. The number of thiophene rings is 1. The second-order valence-electron chi connectivity index (χ2n) is 4.27. The number of nitrogen functional groups attached to an aromatic ring is 1. The van der Waals surface area contributed by atoms with Crippen molar-refractivity contribution in [2.75, 3.05) is 5.73 Å². The lowest BCUT2D eigenvalue weighted by Gasteiger charge is -2.28. The number of hydrogen-bond donors (Lipinski definition) is 2. The largest absolute Gasteiger partial charge is 0.480 e. The molecule has 0 amide bonds. The highest BCUT2D eigenvalue weighted by molar-refractivity contribution is 7.10. The molecular formula is C11H12N4O2S. The molecule has 0 aliphatic carbocycles. The van der Waals surface area contributed by atoms with E-state index >= 15 is 0 Å². The second-order valence-corrected chi connectivity index (χ2v) is 5.25. The van der Waals surface area contributed by atoms with Crippen LogP contribution in [0.3, 0.4) is 0 Å². The Labute approximate surface area is 107 Å². The van der Waals surface area contributed by atoms with E-state index in [1.54, 1.807) is 11.3 Å². The minimum atomic E-state index is -0.890. The van der Waals surface area contributed by atoms with Crippen molar-refractivity contribution in [2.45, 2.75) is 24.8 Å². The van der Waals surface area contributed by atoms with E-state index in [1.807, 2.05) is 17.5 Å². The van der Waals surface area contributed by atoms with Gasteiger partial charge in [-0.3, -0.25) is 0 Å². The van der Waals surface area contributed by atoms with Crippen LogP contribution in [0.15, 0.2) is 17.5 Å². The summed E-state index contributed by atoms with van der Waals surface area (Å²) in [6.07, 6.45) is 1.46.